The normalized spacial score (nSPS) is 20.3. The molecule has 0 aliphatic carbocycles. The first-order valence-corrected chi connectivity index (χ1v) is 5.11. The summed E-state index contributed by atoms with van der Waals surface area (Å²) in [4.78, 5) is 6.33. The van der Waals surface area contributed by atoms with Crippen LogP contribution >= 0.6 is 0 Å². The Hall–Kier alpha value is -1.60. The second kappa shape index (κ2) is 4.28. The van der Waals surface area contributed by atoms with Crippen LogP contribution in [-0.2, 0) is 0 Å². The van der Waals surface area contributed by atoms with Gasteiger partial charge in [0.05, 0.1) is 17.4 Å². The van der Waals surface area contributed by atoms with Crippen LogP contribution in [0.1, 0.15) is 12.0 Å². The van der Waals surface area contributed by atoms with Gasteiger partial charge in [-0.15, -0.1) is 0 Å². The van der Waals surface area contributed by atoms with Crippen LogP contribution in [-0.4, -0.2) is 31.2 Å². The lowest BCUT2D eigenvalue weighted by atomic mass is 10.2. The molecule has 0 radical (unpaired) electrons. The highest BCUT2D eigenvalue weighted by molar-refractivity contribution is 5.49. The third-order valence-corrected chi connectivity index (χ3v) is 2.81. The van der Waals surface area contributed by atoms with Crippen molar-refractivity contribution in [3.8, 4) is 6.07 Å². The summed E-state index contributed by atoms with van der Waals surface area (Å²) in [6, 6.07) is 4.56. The van der Waals surface area contributed by atoms with Crippen molar-refractivity contribution in [2.75, 3.05) is 25.0 Å². The summed E-state index contributed by atoms with van der Waals surface area (Å²) in [5, 5.41) is 12.0. The van der Waals surface area contributed by atoms with Crippen molar-refractivity contribution in [2.45, 2.75) is 12.5 Å². The highest BCUT2D eigenvalue weighted by Crippen LogP contribution is 2.19. The molecule has 78 valence electrons. The van der Waals surface area contributed by atoms with Crippen LogP contribution < -0.4 is 10.2 Å². The molecule has 1 unspecified atom stereocenters. The van der Waals surface area contributed by atoms with E-state index in [1.54, 1.807) is 6.20 Å². The monoisotopic (exact) mass is 202 g/mol. The van der Waals surface area contributed by atoms with Gasteiger partial charge in [-0.25, -0.2) is 0 Å². The summed E-state index contributed by atoms with van der Waals surface area (Å²) in [5.74, 6) is 0. The Morgan fingerprint density at radius 2 is 2.47 bits per heavy atom. The van der Waals surface area contributed by atoms with Crippen LogP contribution in [0.25, 0.3) is 0 Å². The second-order valence-corrected chi connectivity index (χ2v) is 3.76. The van der Waals surface area contributed by atoms with E-state index >= 15 is 0 Å². The number of likely N-dealkylation sites (N-methyl/N-ethyl adjacent to an activating group) is 1. The van der Waals surface area contributed by atoms with Gasteiger partial charge in [0.25, 0.3) is 0 Å². The van der Waals surface area contributed by atoms with Gasteiger partial charge in [-0.2, -0.15) is 5.26 Å². The van der Waals surface area contributed by atoms with Crippen LogP contribution in [0.3, 0.4) is 0 Å². The molecule has 1 saturated heterocycles. The Bertz CT molecular complexity index is 382. The van der Waals surface area contributed by atoms with E-state index in [0.29, 0.717) is 11.6 Å². The molecule has 2 heterocycles. The number of hydrogen-bond donors (Lipinski definition) is 1. The fraction of sp³-hybridized carbons (Fsp3) is 0.455. The largest absolute Gasteiger partial charge is 0.369 e. The van der Waals surface area contributed by atoms with Gasteiger partial charge in [0, 0.05) is 25.3 Å². The van der Waals surface area contributed by atoms with Gasteiger partial charge in [-0.3, -0.25) is 4.98 Å². The molecule has 4 nitrogen and oxygen atoms in total. The van der Waals surface area contributed by atoms with Crippen molar-refractivity contribution >= 4 is 5.69 Å². The summed E-state index contributed by atoms with van der Waals surface area (Å²) in [6.45, 7) is 2.02. The minimum atomic E-state index is 0.552. The van der Waals surface area contributed by atoms with E-state index in [9.17, 15) is 0 Å². The molecule has 1 aliphatic rings. The molecule has 1 N–H and O–H groups in total. The molecule has 15 heavy (non-hydrogen) atoms. The van der Waals surface area contributed by atoms with E-state index in [0.717, 1.165) is 25.2 Å². The maximum atomic E-state index is 8.78. The lowest BCUT2D eigenvalue weighted by Crippen LogP contribution is -2.29. The fourth-order valence-electron chi connectivity index (χ4n) is 1.89. The Morgan fingerprint density at radius 1 is 1.60 bits per heavy atom. The Morgan fingerprint density at radius 3 is 3.13 bits per heavy atom. The minimum Gasteiger partial charge on any atom is -0.369 e. The number of hydrogen-bond acceptors (Lipinski definition) is 4. The Balaban J connectivity index is 2.14. The van der Waals surface area contributed by atoms with Gasteiger partial charge >= 0.3 is 0 Å². The fourth-order valence-corrected chi connectivity index (χ4v) is 1.89. The van der Waals surface area contributed by atoms with Crippen molar-refractivity contribution in [3.05, 3.63) is 24.0 Å². The number of nitrogens with one attached hydrogen (secondary N) is 1. The quantitative estimate of drug-likeness (QED) is 0.769. The maximum absolute atomic E-state index is 8.78. The second-order valence-electron chi connectivity index (χ2n) is 3.76. The van der Waals surface area contributed by atoms with E-state index < -0.39 is 0 Å². The molecular weight excluding hydrogens is 188 g/mol. The van der Waals surface area contributed by atoms with Crippen LogP contribution in [0.5, 0.6) is 0 Å². The Kier molecular flexibility index (Phi) is 2.84. The number of pyridine rings is 1. The number of nitrogens with zero attached hydrogens (tertiary/aromatic N) is 3. The molecule has 0 aromatic carbocycles. The standard InChI is InChI=1S/C11H14N4/c1-13-10-2-3-15(8-10)11-4-9(5-12)6-14-7-11/h4,6-7,10,13H,2-3,8H2,1H3. The van der Waals surface area contributed by atoms with E-state index in [1.165, 1.54) is 0 Å². The molecule has 0 amide bonds. The molecule has 1 fully saturated rings. The van der Waals surface area contributed by atoms with Crippen LogP contribution in [0.4, 0.5) is 5.69 Å². The average Bonchev–Trinajstić information content (AvgIpc) is 2.78. The first-order valence-electron chi connectivity index (χ1n) is 5.11. The molecule has 0 saturated carbocycles. The van der Waals surface area contributed by atoms with Crippen molar-refractivity contribution in [1.29, 1.82) is 5.26 Å². The zero-order valence-corrected chi connectivity index (χ0v) is 8.77. The summed E-state index contributed by atoms with van der Waals surface area (Å²) in [7, 11) is 1.98. The summed E-state index contributed by atoms with van der Waals surface area (Å²) in [5.41, 5.74) is 1.67. The number of aromatic nitrogens is 1. The topological polar surface area (TPSA) is 52.0 Å². The van der Waals surface area contributed by atoms with Crippen LogP contribution in [0, 0.1) is 11.3 Å². The molecule has 2 rings (SSSR count). The van der Waals surface area contributed by atoms with Crippen molar-refractivity contribution in [2.24, 2.45) is 0 Å². The van der Waals surface area contributed by atoms with Crippen LogP contribution in [0.15, 0.2) is 18.5 Å². The summed E-state index contributed by atoms with van der Waals surface area (Å²) in [6.07, 6.45) is 4.56. The number of rotatable bonds is 2. The third-order valence-electron chi connectivity index (χ3n) is 2.81. The predicted molar refractivity (Wildman–Crippen MR) is 58.6 cm³/mol. The van der Waals surface area contributed by atoms with Crippen molar-refractivity contribution in [3.63, 3.8) is 0 Å². The van der Waals surface area contributed by atoms with Gasteiger partial charge in [0.15, 0.2) is 0 Å². The summed E-state index contributed by atoms with van der Waals surface area (Å²) >= 11 is 0. The van der Waals surface area contributed by atoms with E-state index in [1.807, 2.05) is 19.3 Å². The van der Waals surface area contributed by atoms with Gasteiger partial charge in [-0.1, -0.05) is 0 Å². The zero-order chi connectivity index (χ0) is 10.7. The minimum absolute atomic E-state index is 0.552. The van der Waals surface area contributed by atoms with Crippen LogP contribution in [0.2, 0.25) is 0 Å². The molecule has 1 aromatic rings. The van der Waals surface area contributed by atoms with E-state index in [2.05, 4.69) is 21.3 Å². The number of anilines is 1. The SMILES string of the molecule is CNC1CCN(c2cncc(C#N)c2)C1. The first kappa shape index (κ1) is 9.94. The molecule has 1 aromatic heterocycles. The first-order chi connectivity index (χ1) is 7.33. The van der Waals surface area contributed by atoms with E-state index in [4.69, 9.17) is 5.26 Å². The number of nitriles is 1. The third kappa shape index (κ3) is 2.08. The predicted octanol–water partition coefficient (Wildman–Crippen LogP) is 0.751. The molecule has 1 atom stereocenters. The highest BCUT2D eigenvalue weighted by atomic mass is 15.2. The van der Waals surface area contributed by atoms with Gasteiger partial charge in [0.1, 0.15) is 6.07 Å². The van der Waals surface area contributed by atoms with Crippen molar-refractivity contribution in [1.82, 2.24) is 10.3 Å². The molecule has 0 spiro atoms. The lowest BCUT2D eigenvalue weighted by Gasteiger charge is -2.18. The molecular formula is C11H14N4. The Labute approximate surface area is 89.5 Å². The highest BCUT2D eigenvalue weighted by Gasteiger charge is 2.21. The zero-order valence-electron chi connectivity index (χ0n) is 8.77. The molecule has 0 bridgehead atoms. The smallest absolute Gasteiger partial charge is 0.101 e. The molecule has 1 aliphatic heterocycles. The van der Waals surface area contributed by atoms with Gasteiger partial charge in [0.2, 0.25) is 0 Å². The van der Waals surface area contributed by atoms with E-state index in [-0.39, 0.29) is 0 Å². The lowest BCUT2D eigenvalue weighted by molar-refractivity contribution is 0.617. The average molecular weight is 202 g/mol. The van der Waals surface area contributed by atoms with Crippen molar-refractivity contribution < 1.29 is 0 Å². The molecule has 4 heteroatoms. The summed E-state index contributed by atoms with van der Waals surface area (Å²) < 4.78 is 0. The van der Waals surface area contributed by atoms with Gasteiger partial charge in [-0.05, 0) is 19.5 Å². The van der Waals surface area contributed by atoms with Gasteiger partial charge < -0.3 is 10.2 Å². The maximum Gasteiger partial charge on any atom is 0.101 e.